The molecule has 0 unspecified atom stereocenters. The lowest BCUT2D eigenvalue weighted by molar-refractivity contribution is 0.0944. The van der Waals surface area contributed by atoms with Crippen LogP contribution in [-0.4, -0.2) is 37.4 Å². The van der Waals surface area contributed by atoms with Gasteiger partial charge in [0, 0.05) is 53.4 Å². The molecule has 3 N–H and O–H groups in total. The summed E-state index contributed by atoms with van der Waals surface area (Å²) in [7, 11) is 0. The number of benzene rings is 3. The van der Waals surface area contributed by atoms with Crippen molar-refractivity contribution < 1.29 is 14.4 Å². The fourth-order valence-electron chi connectivity index (χ4n) is 8.48. The van der Waals surface area contributed by atoms with E-state index in [4.69, 9.17) is 0 Å². The van der Waals surface area contributed by atoms with Gasteiger partial charge in [0.05, 0.1) is 0 Å². The fourth-order valence-corrected chi connectivity index (χ4v) is 8.48. The molecule has 0 fully saturated rings. The maximum Gasteiger partial charge on any atom is 0.251 e. The molecule has 0 aliphatic heterocycles. The molecule has 0 aromatic heterocycles. The van der Waals surface area contributed by atoms with Crippen LogP contribution < -0.4 is 20.9 Å². The van der Waals surface area contributed by atoms with Crippen molar-refractivity contribution in [2.75, 3.05) is 24.5 Å². The lowest BCUT2D eigenvalue weighted by Gasteiger charge is -2.26. The van der Waals surface area contributed by atoms with Crippen molar-refractivity contribution >= 4 is 34.8 Å². The van der Waals surface area contributed by atoms with Gasteiger partial charge in [0.15, 0.2) is 0 Å². The molecule has 64 heavy (non-hydrogen) atoms. The van der Waals surface area contributed by atoms with Gasteiger partial charge in [0.2, 0.25) is 0 Å². The van der Waals surface area contributed by atoms with E-state index in [-0.39, 0.29) is 17.7 Å². The van der Waals surface area contributed by atoms with Crippen LogP contribution in [0.5, 0.6) is 0 Å². The standard InChI is InChI=1S/C57H90N4O3/c1-4-7-10-13-16-19-22-25-28-31-46-58-55(62)49-34-40-52(41-35-49)61(53-42-36-50(37-43-53)56(63)59-47-32-29-26-23-20-17-14-11-8-5-2)54-44-38-51(39-45-54)57(64)60-48-33-30-27-24-21-18-15-12-9-6-3/h34-45H,4-33,46-48H2,1-3H3,(H,58,62)(H,59,63)(H,60,64). The molecule has 356 valence electrons. The van der Waals surface area contributed by atoms with Crippen molar-refractivity contribution in [3.05, 3.63) is 89.5 Å². The van der Waals surface area contributed by atoms with Gasteiger partial charge in [-0.3, -0.25) is 14.4 Å². The number of hydrogen-bond donors (Lipinski definition) is 3. The summed E-state index contributed by atoms with van der Waals surface area (Å²) in [5.41, 5.74) is 4.51. The molecule has 3 rings (SSSR count). The molecule has 3 amide bonds. The van der Waals surface area contributed by atoms with E-state index in [1.54, 1.807) is 0 Å². The molecule has 7 nitrogen and oxygen atoms in total. The summed E-state index contributed by atoms with van der Waals surface area (Å²) in [6, 6.07) is 23.1. The molecule has 0 heterocycles. The average Bonchev–Trinajstić information content (AvgIpc) is 3.32. The highest BCUT2D eigenvalue weighted by Gasteiger charge is 2.16. The molecule has 3 aromatic rings. The van der Waals surface area contributed by atoms with Gasteiger partial charge in [0.25, 0.3) is 17.7 Å². The van der Waals surface area contributed by atoms with E-state index in [2.05, 4.69) is 41.6 Å². The van der Waals surface area contributed by atoms with Crippen LogP contribution in [-0.2, 0) is 0 Å². The molecule has 7 heteroatoms. The Balaban J connectivity index is 1.56. The molecule has 0 bridgehead atoms. The number of unbranched alkanes of at least 4 members (excludes halogenated alkanes) is 27. The molecule has 0 aliphatic carbocycles. The SMILES string of the molecule is CCCCCCCCCCCCNC(=O)c1ccc(N(c2ccc(C(=O)NCCCCCCCCCCCC)cc2)c2ccc(C(=O)NCCCCCCCCCCCC)cc2)cc1. The summed E-state index contributed by atoms with van der Waals surface area (Å²) < 4.78 is 0. The van der Waals surface area contributed by atoms with Crippen LogP contribution in [0.3, 0.4) is 0 Å². The largest absolute Gasteiger partial charge is 0.352 e. The molecule has 0 saturated carbocycles. The Morgan fingerprint density at radius 3 is 0.688 bits per heavy atom. The van der Waals surface area contributed by atoms with Crippen LogP contribution in [0.4, 0.5) is 17.1 Å². The third kappa shape index (κ3) is 23.7. The van der Waals surface area contributed by atoms with Crippen molar-refractivity contribution in [3.8, 4) is 0 Å². The van der Waals surface area contributed by atoms with Gasteiger partial charge < -0.3 is 20.9 Å². The summed E-state index contributed by atoms with van der Waals surface area (Å²) in [5, 5.41) is 9.35. The number of hydrogen-bond acceptors (Lipinski definition) is 4. The molecule has 3 aromatic carbocycles. The predicted molar refractivity (Wildman–Crippen MR) is 274 cm³/mol. The van der Waals surface area contributed by atoms with E-state index in [9.17, 15) is 14.4 Å². The minimum absolute atomic E-state index is 0.0598. The number of amides is 3. The second-order valence-corrected chi connectivity index (χ2v) is 18.3. The van der Waals surface area contributed by atoms with Crippen LogP contribution in [0.1, 0.15) is 244 Å². The molecular weight excluding hydrogens is 789 g/mol. The number of carbonyl (C=O) groups is 3. The monoisotopic (exact) mass is 879 g/mol. The molecule has 0 atom stereocenters. The third-order valence-corrected chi connectivity index (χ3v) is 12.6. The summed E-state index contributed by atoms with van der Waals surface area (Å²) in [4.78, 5) is 41.4. The molecule has 0 saturated heterocycles. The molecule has 0 spiro atoms. The molecule has 0 radical (unpaired) electrons. The first kappa shape index (κ1) is 54.2. The van der Waals surface area contributed by atoms with Crippen LogP contribution in [0.15, 0.2) is 72.8 Å². The van der Waals surface area contributed by atoms with Gasteiger partial charge in [-0.15, -0.1) is 0 Å². The zero-order chi connectivity index (χ0) is 45.7. The van der Waals surface area contributed by atoms with E-state index < -0.39 is 0 Å². The van der Waals surface area contributed by atoms with Gasteiger partial charge in [-0.1, -0.05) is 194 Å². The van der Waals surface area contributed by atoms with Crippen LogP contribution in [0.2, 0.25) is 0 Å². The minimum Gasteiger partial charge on any atom is -0.352 e. The Morgan fingerprint density at radius 1 is 0.297 bits per heavy atom. The van der Waals surface area contributed by atoms with Gasteiger partial charge in [-0.2, -0.15) is 0 Å². The normalized spacial score (nSPS) is 11.1. The van der Waals surface area contributed by atoms with Crippen LogP contribution in [0.25, 0.3) is 0 Å². The number of nitrogens with one attached hydrogen (secondary N) is 3. The first-order valence-electron chi connectivity index (χ1n) is 26.4. The Morgan fingerprint density at radius 2 is 0.484 bits per heavy atom. The molecule has 0 aliphatic rings. The van der Waals surface area contributed by atoms with E-state index in [1.807, 2.05) is 72.8 Å². The molecular formula is C57H90N4O3. The minimum atomic E-state index is -0.0598. The quantitative estimate of drug-likeness (QED) is 0.0498. The van der Waals surface area contributed by atoms with Crippen molar-refractivity contribution in [2.45, 2.75) is 213 Å². The Labute approximate surface area is 391 Å². The predicted octanol–water partition coefficient (Wildman–Crippen LogP) is 16.1. The van der Waals surface area contributed by atoms with Gasteiger partial charge >= 0.3 is 0 Å². The van der Waals surface area contributed by atoms with Crippen molar-refractivity contribution in [1.82, 2.24) is 16.0 Å². The topological polar surface area (TPSA) is 90.5 Å². The summed E-state index contributed by atoms with van der Waals surface area (Å²) in [6.45, 7) is 8.83. The van der Waals surface area contributed by atoms with Gasteiger partial charge in [-0.05, 0) is 92.1 Å². The van der Waals surface area contributed by atoms with Crippen molar-refractivity contribution in [1.29, 1.82) is 0 Å². The van der Waals surface area contributed by atoms with E-state index in [0.717, 1.165) is 55.6 Å². The fraction of sp³-hybridized carbons (Fsp3) is 0.632. The van der Waals surface area contributed by atoms with E-state index in [1.165, 1.54) is 154 Å². The number of carbonyl (C=O) groups excluding carboxylic acids is 3. The highest BCUT2D eigenvalue weighted by molar-refractivity contribution is 5.97. The third-order valence-electron chi connectivity index (χ3n) is 12.6. The highest BCUT2D eigenvalue weighted by atomic mass is 16.2. The smallest absolute Gasteiger partial charge is 0.251 e. The zero-order valence-electron chi connectivity index (χ0n) is 40.9. The Kier molecular flexibility index (Phi) is 30.6. The van der Waals surface area contributed by atoms with Gasteiger partial charge in [0.1, 0.15) is 0 Å². The maximum absolute atomic E-state index is 13.1. The lowest BCUT2D eigenvalue weighted by atomic mass is 10.1. The summed E-state index contributed by atoms with van der Waals surface area (Å²) in [6.07, 6.45) is 38.0. The Hall–Kier alpha value is -4.13. The second-order valence-electron chi connectivity index (χ2n) is 18.3. The van der Waals surface area contributed by atoms with Crippen LogP contribution >= 0.6 is 0 Å². The number of anilines is 3. The van der Waals surface area contributed by atoms with Crippen molar-refractivity contribution in [3.63, 3.8) is 0 Å². The number of nitrogens with zero attached hydrogens (tertiary/aromatic N) is 1. The highest BCUT2D eigenvalue weighted by Crippen LogP contribution is 2.35. The maximum atomic E-state index is 13.1. The zero-order valence-corrected chi connectivity index (χ0v) is 40.9. The number of rotatable bonds is 39. The van der Waals surface area contributed by atoms with Crippen LogP contribution in [0, 0.1) is 0 Å². The Bertz CT molecular complexity index is 1430. The van der Waals surface area contributed by atoms with E-state index >= 15 is 0 Å². The first-order valence-corrected chi connectivity index (χ1v) is 26.4. The summed E-state index contributed by atoms with van der Waals surface area (Å²) >= 11 is 0. The lowest BCUT2D eigenvalue weighted by Crippen LogP contribution is -2.25. The average molecular weight is 879 g/mol. The summed E-state index contributed by atoms with van der Waals surface area (Å²) in [5.74, 6) is -0.180. The second kappa shape index (κ2) is 36.1. The van der Waals surface area contributed by atoms with Crippen molar-refractivity contribution in [2.24, 2.45) is 0 Å². The van der Waals surface area contributed by atoms with E-state index in [0.29, 0.717) is 36.3 Å². The van der Waals surface area contributed by atoms with Gasteiger partial charge in [-0.25, -0.2) is 0 Å². The first-order chi connectivity index (χ1) is 31.5.